The van der Waals surface area contributed by atoms with Gasteiger partial charge in [0.15, 0.2) is 11.6 Å². The number of hydrogen-bond acceptors (Lipinski definition) is 1. The molecule has 2 rings (SSSR count). The fraction of sp³-hybridized carbons (Fsp3) is 0.200. The highest BCUT2D eigenvalue weighted by atomic mass is 79.9. The minimum atomic E-state index is -1.19. The first-order chi connectivity index (χ1) is 8.91. The minimum Gasteiger partial charge on any atom is -0.384 e. The maximum Gasteiger partial charge on any atom is 0.165 e. The Kier molecular flexibility index (Phi) is 4.02. The van der Waals surface area contributed by atoms with Gasteiger partial charge >= 0.3 is 0 Å². The second kappa shape index (κ2) is 5.39. The molecule has 0 radical (unpaired) electrons. The molecule has 0 bridgehead atoms. The SMILES string of the molecule is Cc1ccc(C(O)c2ccc(C)c(F)c2F)cc1Br. The summed E-state index contributed by atoms with van der Waals surface area (Å²) in [4.78, 5) is 0. The van der Waals surface area contributed by atoms with Crippen LogP contribution in [0.1, 0.15) is 28.4 Å². The number of aliphatic hydroxyl groups excluding tert-OH is 1. The topological polar surface area (TPSA) is 20.2 Å². The third-order valence-corrected chi connectivity index (χ3v) is 3.97. The zero-order chi connectivity index (χ0) is 14.2. The van der Waals surface area contributed by atoms with Crippen LogP contribution in [-0.4, -0.2) is 5.11 Å². The molecule has 4 heteroatoms. The number of halogens is 3. The quantitative estimate of drug-likeness (QED) is 0.865. The van der Waals surface area contributed by atoms with Crippen LogP contribution in [0.4, 0.5) is 8.78 Å². The molecule has 19 heavy (non-hydrogen) atoms. The van der Waals surface area contributed by atoms with Crippen molar-refractivity contribution < 1.29 is 13.9 Å². The summed E-state index contributed by atoms with van der Waals surface area (Å²) in [6.45, 7) is 3.39. The van der Waals surface area contributed by atoms with Crippen molar-refractivity contribution in [2.45, 2.75) is 20.0 Å². The molecule has 0 aromatic heterocycles. The van der Waals surface area contributed by atoms with Gasteiger partial charge in [0, 0.05) is 10.0 Å². The second-order valence-electron chi connectivity index (χ2n) is 4.51. The molecule has 0 heterocycles. The third-order valence-electron chi connectivity index (χ3n) is 3.11. The van der Waals surface area contributed by atoms with Crippen LogP contribution in [0.3, 0.4) is 0 Å². The molecule has 0 fully saturated rings. The van der Waals surface area contributed by atoms with E-state index in [1.54, 1.807) is 12.1 Å². The fourth-order valence-electron chi connectivity index (χ4n) is 1.83. The smallest absolute Gasteiger partial charge is 0.165 e. The Morgan fingerprint density at radius 2 is 1.63 bits per heavy atom. The molecule has 0 aliphatic rings. The molecule has 0 saturated heterocycles. The molecule has 2 aromatic carbocycles. The zero-order valence-corrected chi connectivity index (χ0v) is 12.1. The summed E-state index contributed by atoms with van der Waals surface area (Å²) < 4.78 is 28.2. The van der Waals surface area contributed by atoms with Gasteiger partial charge in [-0.05, 0) is 36.6 Å². The van der Waals surface area contributed by atoms with Crippen molar-refractivity contribution in [3.63, 3.8) is 0 Å². The summed E-state index contributed by atoms with van der Waals surface area (Å²) in [7, 11) is 0. The van der Waals surface area contributed by atoms with Crippen molar-refractivity contribution in [2.24, 2.45) is 0 Å². The average molecular weight is 327 g/mol. The van der Waals surface area contributed by atoms with Crippen LogP contribution in [0.25, 0.3) is 0 Å². The number of aryl methyl sites for hydroxylation is 2. The lowest BCUT2D eigenvalue weighted by atomic mass is 9.99. The first kappa shape index (κ1) is 14.2. The van der Waals surface area contributed by atoms with E-state index in [2.05, 4.69) is 15.9 Å². The number of rotatable bonds is 2. The lowest BCUT2D eigenvalue weighted by Gasteiger charge is -2.14. The van der Waals surface area contributed by atoms with Crippen LogP contribution in [0.15, 0.2) is 34.8 Å². The molecule has 0 amide bonds. The molecule has 1 nitrogen and oxygen atoms in total. The van der Waals surface area contributed by atoms with Gasteiger partial charge in [-0.1, -0.05) is 40.2 Å². The van der Waals surface area contributed by atoms with E-state index in [9.17, 15) is 13.9 Å². The molecule has 100 valence electrons. The molecule has 1 unspecified atom stereocenters. The van der Waals surface area contributed by atoms with Crippen molar-refractivity contribution in [3.05, 3.63) is 68.7 Å². The molecule has 2 aromatic rings. The third kappa shape index (κ3) is 2.69. The van der Waals surface area contributed by atoms with Gasteiger partial charge in [-0.3, -0.25) is 0 Å². The molecule has 0 aliphatic carbocycles. The van der Waals surface area contributed by atoms with Crippen LogP contribution < -0.4 is 0 Å². The van der Waals surface area contributed by atoms with Gasteiger partial charge in [0.05, 0.1) is 0 Å². The van der Waals surface area contributed by atoms with Crippen LogP contribution in [-0.2, 0) is 0 Å². The summed E-state index contributed by atoms with van der Waals surface area (Å²) in [6, 6.07) is 8.08. The second-order valence-corrected chi connectivity index (χ2v) is 5.37. The van der Waals surface area contributed by atoms with E-state index in [0.717, 1.165) is 10.0 Å². The standard InChI is InChI=1S/C15H13BrF2O/c1-8-3-5-10(7-12(8)16)15(19)11-6-4-9(2)13(17)14(11)18/h3-7,15,19H,1-2H3. The van der Waals surface area contributed by atoms with Crippen molar-refractivity contribution in [1.29, 1.82) is 0 Å². The summed E-state index contributed by atoms with van der Waals surface area (Å²) in [5, 5.41) is 10.2. The predicted octanol–water partition coefficient (Wildman–Crippen LogP) is 4.43. The Balaban J connectivity index is 2.47. The van der Waals surface area contributed by atoms with E-state index in [0.29, 0.717) is 5.56 Å². The van der Waals surface area contributed by atoms with Crippen molar-refractivity contribution in [1.82, 2.24) is 0 Å². The van der Waals surface area contributed by atoms with Gasteiger partial charge in [-0.25, -0.2) is 8.78 Å². The molecule has 0 saturated carbocycles. The highest BCUT2D eigenvalue weighted by Gasteiger charge is 2.19. The van der Waals surface area contributed by atoms with Crippen LogP contribution >= 0.6 is 15.9 Å². The Hall–Kier alpha value is -1.26. The van der Waals surface area contributed by atoms with Gasteiger partial charge < -0.3 is 5.11 Å². The fourth-order valence-corrected chi connectivity index (χ4v) is 2.23. The Bertz CT molecular complexity index is 626. The van der Waals surface area contributed by atoms with Crippen molar-refractivity contribution in [2.75, 3.05) is 0 Å². The highest BCUT2D eigenvalue weighted by Crippen LogP contribution is 2.29. The average Bonchev–Trinajstić information content (AvgIpc) is 2.39. The molecular weight excluding hydrogens is 314 g/mol. The Labute approximate surface area is 119 Å². The summed E-state index contributed by atoms with van der Waals surface area (Å²) in [6.07, 6.45) is -1.19. The molecule has 1 N–H and O–H groups in total. The molecule has 0 aliphatic heterocycles. The number of aliphatic hydroxyl groups is 1. The first-order valence-electron chi connectivity index (χ1n) is 5.80. The maximum atomic E-state index is 13.8. The number of benzene rings is 2. The van der Waals surface area contributed by atoms with E-state index in [1.807, 2.05) is 13.0 Å². The van der Waals surface area contributed by atoms with E-state index >= 15 is 0 Å². The van der Waals surface area contributed by atoms with Crippen molar-refractivity contribution >= 4 is 15.9 Å². The molecule has 0 spiro atoms. The molecule has 1 atom stereocenters. The van der Waals surface area contributed by atoms with E-state index in [-0.39, 0.29) is 11.1 Å². The summed E-state index contributed by atoms with van der Waals surface area (Å²) in [5.74, 6) is -1.91. The lowest BCUT2D eigenvalue weighted by Crippen LogP contribution is -2.05. The van der Waals surface area contributed by atoms with E-state index in [4.69, 9.17) is 0 Å². The Morgan fingerprint density at radius 1 is 1.00 bits per heavy atom. The highest BCUT2D eigenvalue weighted by molar-refractivity contribution is 9.10. The Morgan fingerprint density at radius 3 is 2.26 bits per heavy atom. The largest absolute Gasteiger partial charge is 0.384 e. The van der Waals surface area contributed by atoms with E-state index < -0.39 is 17.7 Å². The predicted molar refractivity (Wildman–Crippen MR) is 74.0 cm³/mol. The van der Waals surface area contributed by atoms with Gasteiger partial charge in [-0.2, -0.15) is 0 Å². The summed E-state index contributed by atoms with van der Waals surface area (Å²) in [5.41, 5.74) is 1.68. The van der Waals surface area contributed by atoms with Gasteiger partial charge in [0.1, 0.15) is 6.10 Å². The maximum absolute atomic E-state index is 13.8. The van der Waals surface area contributed by atoms with Gasteiger partial charge in [-0.15, -0.1) is 0 Å². The number of hydrogen-bond donors (Lipinski definition) is 1. The van der Waals surface area contributed by atoms with Crippen LogP contribution in [0, 0.1) is 25.5 Å². The monoisotopic (exact) mass is 326 g/mol. The van der Waals surface area contributed by atoms with Gasteiger partial charge in [0.25, 0.3) is 0 Å². The molecular formula is C15H13BrF2O. The first-order valence-corrected chi connectivity index (χ1v) is 6.59. The summed E-state index contributed by atoms with van der Waals surface area (Å²) >= 11 is 3.35. The van der Waals surface area contributed by atoms with Crippen LogP contribution in [0.2, 0.25) is 0 Å². The van der Waals surface area contributed by atoms with Crippen LogP contribution in [0.5, 0.6) is 0 Å². The van der Waals surface area contributed by atoms with E-state index in [1.165, 1.54) is 19.1 Å². The van der Waals surface area contributed by atoms with Crippen molar-refractivity contribution in [3.8, 4) is 0 Å². The zero-order valence-electron chi connectivity index (χ0n) is 10.5. The lowest BCUT2D eigenvalue weighted by molar-refractivity contribution is 0.213. The minimum absolute atomic E-state index is 0.0566. The van der Waals surface area contributed by atoms with Gasteiger partial charge in [0.2, 0.25) is 0 Å². The normalized spacial score (nSPS) is 12.5.